The molecule has 0 aromatic heterocycles. The van der Waals surface area contributed by atoms with Gasteiger partial charge in [0.1, 0.15) is 0 Å². The predicted octanol–water partition coefficient (Wildman–Crippen LogP) is 0.726. The number of isocyanates is 1. The zero-order chi connectivity index (χ0) is 9.61. The first-order valence-electron chi connectivity index (χ1n) is 3.55. The van der Waals surface area contributed by atoms with Gasteiger partial charge in [-0.3, -0.25) is 4.55 Å². The van der Waals surface area contributed by atoms with Crippen LogP contribution < -0.4 is 0 Å². The van der Waals surface area contributed by atoms with Crippen molar-refractivity contribution >= 4 is 16.2 Å². The van der Waals surface area contributed by atoms with E-state index in [0.717, 1.165) is 12.5 Å². The van der Waals surface area contributed by atoms with Gasteiger partial charge in [-0.05, 0) is 6.42 Å². The molecular weight excluding hydrogens is 182 g/mol. The second-order valence-electron chi connectivity index (χ2n) is 2.33. The van der Waals surface area contributed by atoms with E-state index in [-0.39, 0.29) is 6.42 Å². The molecule has 0 aliphatic heterocycles. The molecule has 0 aliphatic carbocycles. The van der Waals surface area contributed by atoms with Gasteiger partial charge in [-0.25, -0.2) is 4.79 Å². The number of hydrogen-bond donors (Lipinski definition) is 1. The third kappa shape index (κ3) is 4.23. The molecule has 1 atom stereocenters. The van der Waals surface area contributed by atoms with Gasteiger partial charge in [0.25, 0.3) is 10.1 Å². The Morgan fingerprint density at radius 2 is 2.17 bits per heavy atom. The van der Waals surface area contributed by atoms with Gasteiger partial charge in [-0.15, -0.1) is 0 Å². The Bertz CT molecular complexity index is 265. The molecule has 0 heterocycles. The van der Waals surface area contributed by atoms with Crippen molar-refractivity contribution in [1.82, 2.24) is 0 Å². The molecule has 0 bridgehead atoms. The Morgan fingerprint density at radius 1 is 1.58 bits per heavy atom. The molecule has 6 heteroatoms. The van der Waals surface area contributed by atoms with Crippen LogP contribution in [0.4, 0.5) is 0 Å². The molecule has 0 rings (SSSR count). The Labute approximate surface area is 71.2 Å². The van der Waals surface area contributed by atoms with E-state index in [0.29, 0.717) is 6.42 Å². The van der Waals surface area contributed by atoms with Crippen LogP contribution in [-0.2, 0) is 14.9 Å². The van der Waals surface area contributed by atoms with Crippen molar-refractivity contribution in [1.29, 1.82) is 0 Å². The number of carbonyl (C=O) groups excluding carboxylic acids is 1. The van der Waals surface area contributed by atoms with Crippen molar-refractivity contribution in [3.63, 3.8) is 0 Å². The van der Waals surface area contributed by atoms with E-state index in [1.165, 1.54) is 0 Å². The first-order chi connectivity index (χ1) is 5.52. The number of hydrogen-bond acceptors (Lipinski definition) is 4. The molecule has 0 aliphatic rings. The second-order valence-corrected chi connectivity index (χ2v) is 3.91. The van der Waals surface area contributed by atoms with E-state index in [9.17, 15) is 13.2 Å². The van der Waals surface area contributed by atoms with Gasteiger partial charge in [-0.1, -0.05) is 19.8 Å². The average molecular weight is 193 g/mol. The third-order valence-corrected chi connectivity index (χ3v) is 2.37. The summed E-state index contributed by atoms with van der Waals surface area (Å²) in [5, 5.41) is -1.34. The molecule has 0 fully saturated rings. The number of unbranched alkanes of at least 4 members (excludes halogenated alkanes) is 1. The lowest BCUT2D eigenvalue weighted by Crippen LogP contribution is -2.17. The average Bonchev–Trinajstić information content (AvgIpc) is 1.95. The summed E-state index contributed by atoms with van der Waals surface area (Å²) in [5.41, 5.74) is 0. The van der Waals surface area contributed by atoms with Gasteiger partial charge in [-0.2, -0.15) is 13.4 Å². The predicted molar refractivity (Wildman–Crippen MR) is 43.0 cm³/mol. The van der Waals surface area contributed by atoms with Gasteiger partial charge in [0.15, 0.2) is 5.37 Å². The molecule has 0 saturated carbocycles. The minimum absolute atomic E-state index is 0.157. The molecule has 12 heavy (non-hydrogen) atoms. The van der Waals surface area contributed by atoms with Crippen LogP contribution in [0.15, 0.2) is 4.99 Å². The lowest BCUT2D eigenvalue weighted by atomic mass is 10.2. The van der Waals surface area contributed by atoms with E-state index in [4.69, 9.17) is 4.55 Å². The highest BCUT2D eigenvalue weighted by Gasteiger charge is 2.20. The summed E-state index contributed by atoms with van der Waals surface area (Å²) in [6.45, 7) is 1.87. The first-order valence-corrected chi connectivity index (χ1v) is 5.06. The van der Waals surface area contributed by atoms with Gasteiger partial charge in [0, 0.05) is 0 Å². The van der Waals surface area contributed by atoms with Gasteiger partial charge in [0.2, 0.25) is 6.08 Å². The summed E-state index contributed by atoms with van der Waals surface area (Å²) in [7, 11) is -4.23. The Morgan fingerprint density at radius 3 is 2.50 bits per heavy atom. The maximum Gasteiger partial charge on any atom is 0.289 e. The molecule has 0 spiro atoms. The minimum atomic E-state index is -4.23. The highest BCUT2D eigenvalue weighted by molar-refractivity contribution is 7.86. The minimum Gasteiger partial charge on any atom is -0.284 e. The highest BCUT2D eigenvalue weighted by atomic mass is 32.2. The number of rotatable bonds is 5. The Balaban J connectivity index is 4.35. The van der Waals surface area contributed by atoms with E-state index < -0.39 is 15.5 Å². The molecular formula is C6H11NO4S. The SMILES string of the molecule is CCCCC(N=C=O)S(=O)(=O)O. The van der Waals surface area contributed by atoms with Gasteiger partial charge in [0.05, 0.1) is 0 Å². The van der Waals surface area contributed by atoms with E-state index >= 15 is 0 Å². The summed E-state index contributed by atoms with van der Waals surface area (Å²) >= 11 is 0. The van der Waals surface area contributed by atoms with E-state index in [1.807, 2.05) is 6.92 Å². The van der Waals surface area contributed by atoms with Crippen LogP contribution >= 0.6 is 0 Å². The molecule has 0 saturated heterocycles. The van der Waals surface area contributed by atoms with Crippen LogP contribution in [-0.4, -0.2) is 24.4 Å². The Hall–Kier alpha value is -0.710. The molecule has 1 N–H and O–H groups in total. The summed E-state index contributed by atoms with van der Waals surface area (Å²) in [6, 6.07) is 0. The molecule has 0 radical (unpaired) electrons. The fourth-order valence-electron chi connectivity index (χ4n) is 0.718. The van der Waals surface area contributed by atoms with Crippen LogP contribution in [0.2, 0.25) is 0 Å². The quantitative estimate of drug-likeness (QED) is 0.396. The van der Waals surface area contributed by atoms with Gasteiger partial charge < -0.3 is 0 Å². The van der Waals surface area contributed by atoms with E-state index in [2.05, 4.69) is 4.99 Å². The van der Waals surface area contributed by atoms with Crippen LogP contribution in [0.25, 0.3) is 0 Å². The molecule has 5 nitrogen and oxygen atoms in total. The Kier molecular flexibility index (Phi) is 4.73. The van der Waals surface area contributed by atoms with Crippen LogP contribution in [0, 0.1) is 0 Å². The molecule has 0 aromatic carbocycles. The lowest BCUT2D eigenvalue weighted by Gasteiger charge is -2.04. The van der Waals surface area contributed by atoms with Crippen molar-refractivity contribution in [2.75, 3.05) is 0 Å². The van der Waals surface area contributed by atoms with Crippen molar-refractivity contribution in [3.05, 3.63) is 0 Å². The number of aliphatic imine (C=N–C) groups is 1. The van der Waals surface area contributed by atoms with Crippen molar-refractivity contribution in [2.45, 2.75) is 31.6 Å². The monoisotopic (exact) mass is 193 g/mol. The number of nitrogens with zero attached hydrogens (tertiary/aromatic N) is 1. The lowest BCUT2D eigenvalue weighted by molar-refractivity contribution is 0.459. The fraction of sp³-hybridized carbons (Fsp3) is 0.833. The van der Waals surface area contributed by atoms with Crippen LogP contribution in [0.5, 0.6) is 0 Å². The van der Waals surface area contributed by atoms with Crippen molar-refractivity contribution < 1.29 is 17.8 Å². The normalized spacial score (nSPS) is 13.5. The molecule has 0 amide bonds. The summed E-state index contributed by atoms with van der Waals surface area (Å²) < 4.78 is 29.6. The van der Waals surface area contributed by atoms with Crippen LogP contribution in [0.1, 0.15) is 26.2 Å². The van der Waals surface area contributed by atoms with E-state index in [1.54, 1.807) is 0 Å². The first kappa shape index (κ1) is 11.3. The molecule has 0 aromatic rings. The standard InChI is InChI=1S/C6H11NO4S/c1-2-3-4-6(7-5-8)12(9,10)11/h6H,2-4H2,1H3,(H,9,10,11). The summed E-state index contributed by atoms with van der Waals surface area (Å²) in [5.74, 6) is 0. The van der Waals surface area contributed by atoms with Crippen molar-refractivity contribution in [2.24, 2.45) is 4.99 Å². The zero-order valence-corrected chi connectivity index (χ0v) is 7.54. The topological polar surface area (TPSA) is 83.8 Å². The third-order valence-electron chi connectivity index (χ3n) is 1.35. The smallest absolute Gasteiger partial charge is 0.284 e. The largest absolute Gasteiger partial charge is 0.289 e. The van der Waals surface area contributed by atoms with Crippen molar-refractivity contribution in [3.8, 4) is 0 Å². The maximum absolute atomic E-state index is 10.5. The van der Waals surface area contributed by atoms with Gasteiger partial charge >= 0.3 is 0 Å². The maximum atomic E-state index is 10.5. The zero-order valence-electron chi connectivity index (χ0n) is 6.73. The second kappa shape index (κ2) is 5.03. The summed E-state index contributed by atoms with van der Waals surface area (Å²) in [6.07, 6.45) is 2.65. The summed E-state index contributed by atoms with van der Waals surface area (Å²) in [4.78, 5) is 12.7. The highest BCUT2D eigenvalue weighted by Crippen LogP contribution is 2.09. The molecule has 1 unspecified atom stereocenters. The fourth-order valence-corrected chi connectivity index (χ4v) is 1.36. The molecule has 70 valence electrons. The van der Waals surface area contributed by atoms with Crippen LogP contribution in [0.3, 0.4) is 0 Å².